The average molecular weight is 709 g/mol. The van der Waals surface area contributed by atoms with Crippen LogP contribution >= 0.6 is 0 Å². The van der Waals surface area contributed by atoms with E-state index in [0.29, 0.717) is 17.1 Å². The fourth-order valence-electron chi connectivity index (χ4n) is 6.18. The van der Waals surface area contributed by atoms with Gasteiger partial charge in [-0.2, -0.15) is 0 Å². The minimum Gasteiger partial charge on any atom is -0.494 e. The summed E-state index contributed by atoms with van der Waals surface area (Å²) in [6, 6.07) is 42.6. The van der Waals surface area contributed by atoms with E-state index in [0.717, 1.165) is 78.2 Å². The number of para-hydroxylation sites is 4. The van der Waals surface area contributed by atoms with Crippen molar-refractivity contribution in [1.82, 2.24) is 9.97 Å². The molecule has 0 amide bonds. The van der Waals surface area contributed by atoms with Gasteiger partial charge in [-0.3, -0.25) is 4.72 Å². The van der Waals surface area contributed by atoms with Gasteiger partial charge in [-0.05, 0) is 60.2 Å². The Bertz CT molecular complexity index is 2590. The maximum Gasteiger partial charge on any atom is 0.229 e. The van der Waals surface area contributed by atoms with Gasteiger partial charge in [0.2, 0.25) is 10.0 Å². The minimum atomic E-state index is -3.37. The summed E-state index contributed by atoms with van der Waals surface area (Å²) in [5.41, 5.74) is 14.9. The molecule has 2 heterocycles. The Morgan fingerprint density at radius 2 is 1.12 bits per heavy atom. The van der Waals surface area contributed by atoms with Crippen LogP contribution in [0.25, 0.3) is 43.6 Å². The van der Waals surface area contributed by atoms with Crippen molar-refractivity contribution in [2.75, 3.05) is 34.5 Å². The van der Waals surface area contributed by atoms with Crippen molar-refractivity contribution < 1.29 is 18.3 Å². The first-order valence-corrected chi connectivity index (χ1v) is 18.3. The highest BCUT2D eigenvalue weighted by atomic mass is 32.2. The van der Waals surface area contributed by atoms with Crippen LogP contribution in [-0.4, -0.2) is 36.9 Å². The van der Waals surface area contributed by atoms with E-state index in [1.165, 1.54) is 0 Å². The van der Waals surface area contributed by atoms with Crippen molar-refractivity contribution in [3.63, 3.8) is 0 Å². The number of hydrogen-bond acceptors (Lipinski definition) is 9. The Labute approximate surface area is 301 Å². The third-order valence-electron chi connectivity index (χ3n) is 8.41. The molecule has 2 aromatic heterocycles. The molecule has 6 aromatic carbocycles. The zero-order valence-electron chi connectivity index (χ0n) is 28.5. The van der Waals surface area contributed by atoms with E-state index >= 15 is 0 Å². The van der Waals surface area contributed by atoms with Gasteiger partial charge >= 0.3 is 0 Å². The molecule has 0 saturated carbocycles. The minimum absolute atomic E-state index is 0.0441. The third kappa shape index (κ3) is 7.36. The van der Waals surface area contributed by atoms with Crippen LogP contribution in [0, 0.1) is 0 Å². The predicted molar refractivity (Wildman–Crippen MR) is 213 cm³/mol. The van der Waals surface area contributed by atoms with Crippen molar-refractivity contribution >= 4 is 87.8 Å². The van der Waals surface area contributed by atoms with Crippen molar-refractivity contribution in [2.24, 2.45) is 0 Å². The Morgan fingerprint density at radius 3 is 1.58 bits per heavy atom. The molecule has 0 aliphatic carbocycles. The molecule has 8 aromatic rings. The first-order valence-electron chi connectivity index (χ1n) is 16.4. The number of pyridine rings is 2. The number of ether oxygens (including phenoxy) is 1. The van der Waals surface area contributed by atoms with E-state index in [-0.39, 0.29) is 6.61 Å². The van der Waals surface area contributed by atoms with E-state index in [9.17, 15) is 13.5 Å². The molecule has 0 atom stereocenters. The molecule has 10 nitrogen and oxygen atoms in total. The van der Waals surface area contributed by atoms with Gasteiger partial charge in [-0.25, -0.2) is 18.4 Å². The standard InChI is InChI=1S/C21H19N3O3S.C20H17N3O/c1-27-20-13-14(24-28(2,25)26)11-12-19(20)23-21-15-7-3-5-9-17(15)22-18-10-6-4-8-16(18)21;21-14-9-13(12-24)10-15(11-14)22-20-16-5-1-3-7-18(16)23-19-8-4-2-6-17(19)20/h3-13,24H,1-2H3,(H,22,23);1-11,24H,12,21H2,(H,22,23). The van der Waals surface area contributed by atoms with Crippen LogP contribution in [-0.2, 0) is 16.6 Å². The summed E-state index contributed by atoms with van der Waals surface area (Å²) < 4.78 is 30.9. The number of nitrogens with two attached hydrogens (primary N) is 1. The Balaban J connectivity index is 0.000000164. The molecule has 0 spiro atoms. The summed E-state index contributed by atoms with van der Waals surface area (Å²) in [6.07, 6.45) is 1.11. The maximum absolute atomic E-state index is 11.5. The lowest BCUT2D eigenvalue weighted by Crippen LogP contribution is -2.09. The average Bonchev–Trinajstić information content (AvgIpc) is 3.14. The highest BCUT2D eigenvalue weighted by Crippen LogP contribution is 2.37. The molecule has 52 heavy (non-hydrogen) atoms. The van der Waals surface area contributed by atoms with Gasteiger partial charge in [0.15, 0.2) is 0 Å². The number of nitrogens with zero attached hydrogens (tertiary/aromatic N) is 2. The second kappa shape index (κ2) is 14.4. The summed E-state index contributed by atoms with van der Waals surface area (Å²) in [5.74, 6) is 0.527. The summed E-state index contributed by atoms with van der Waals surface area (Å²) in [6.45, 7) is -0.0441. The molecule has 0 bridgehead atoms. The second-order valence-corrected chi connectivity index (χ2v) is 14.0. The van der Waals surface area contributed by atoms with Gasteiger partial charge in [0, 0.05) is 39.0 Å². The van der Waals surface area contributed by atoms with E-state index in [4.69, 9.17) is 20.4 Å². The third-order valence-corrected chi connectivity index (χ3v) is 9.01. The molecule has 0 radical (unpaired) electrons. The number of rotatable bonds is 8. The highest BCUT2D eigenvalue weighted by molar-refractivity contribution is 7.92. The topological polar surface area (TPSA) is 151 Å². The largest absolute Gasteiger partial charge is 0.494 e. The summed E-state index contributed by atoms with van der Waals surface area (Å²) >= 11 is 0. The number of hydrogen-bond donors (Lipinski definition) is 5. The van der Waals surface area contributed by atoms with E-state index < -0.39 is 10.0 Å². The SMILES string of the molecule is COc1cc(NS(C)(=O)=O)ccc1Nc1c2ccccc2nc2ccccc12.Nc1cc(CO)cc(Nc2c3ccccc3nc3ccccc23)c1. The number of nitrogens with one attached hydrogen (secondary N) is 3. The normalized spacial score (nSPS) is 11.3. The number of anilines is 6. The Morgan fingerprint density at radius 1 is 0.635 bits per heavy atom. The molecule has 11 heteroatoms. The molecule has 0 unspecified atom stereocenters. The van der Waals surface area contributed by atoms with Gasteiger partial charge < -0.3 is 26.2 Å². The van der Waals surface area contributed by atoms with E-state index in [1.807, 2.05) is 97.1 Å². The van der Waals surface area contributed by atoms with E-state index in [2.05, 4.69) is 27.5 Å². The van der Waals surface area contributed by atoms with Crippen LogP contribution in [0.1, 0.15) is 5.56 Å². The summed E-state index contributed by atoms with van der Waals surface area (Å²) in [5, 5.41) is 20.4. The summed E-state index contributed by atoms with van der Waals surface area (Å²) in [7, 11) is -1.82. The van der Waals surface area contributed by atoms with Gasteiger partial charge in [0.25, 0.3) is 0 Å². The zero-order valence-corrected chi connectivity index (χ0v) is 29.3. The fourth-order valence-corrected chi connectivity index (χ4v) is 6.74. The van der Waals surface area contributed by atoms with Crippen LogP contribution < -0.4 is 25.8 Å². The molecule has 8 rings (SSSR count). The molecule has 0 aliphatic heterocycles. The summed E-state index contributed by atoms with van der Waals surface area (Å²) in [4.78, 5) is 9.46. The molecule has 0 saturated heterocycles. The monoisotopic (exact) mass is 708 g/mol. The van der Waals surface area contributed by atoms with Crippen molar-refractivity contribution in [1.29, 1.82) is 0 Å². The number of sulfonamides is 1. The van der Waals surface area contributed by atoms with Crippen molar-refractivity contribution in [3.05, 3.63) is 139 Å². The zero-order chi connectivity index (χ0) is 36.2. The lowest BCUT2D eigenvalue weighted by Gasteiger charge is -2.16. The van der Waals surface area contributed by atoms with Crippen LogP contribution in [0.4, 0.5) is 34.1 Å². The van der Waals surface area contributed by atoms with Crippen LogP contribution in [0.2, 0.25) is 0 Å². The van der Waals surface area contributed by atoms with Gasteiger partial charge in [0.05, 0.1) is 64.8 Å². The fraction of sp³-hybridized carbons (Fsp3) is 0.0732. The number of nitrogen functional groups attached to an aromatic ring is 1. The van der Waals surface area contributed by atoms with Gasteiger partial charge in [-0.15, -0.1) is 0 Å². The lowest BCUT2D eigenvalue weighted by atomic mass is 10.1. The lowest BCUT2D eigenvalue weighted by molar-refractivity contribution is 0.282. The number of fused-ring (bicyclic) bond motifs is 4. The van der Waals surface area contributed by atoms with Crippen LogP contribution in [0.15, 0.2) is 133 Å². The van der Waals surface area contributed by atoms with Crippen LogP contribution in [0.3, 0.4) is 0 Å². The number of methoxy groups -OCH3 is 1. The van der Waals surface area contributed by atoms with E-state index in [1.54, 1.807) is 31.4 Å². The molecule has 0 aliphatic rings. The highest BCUT2D eigenvalue weighted by Gasteiger charge is 2.13. The number of benzene rings is 6. The molecular formula is C41H36N6O4S. The van der Waals surface area contributed by atoms with Crippen molar-refractivity contribution in [3.8, 4) is 5.75 Å². The van der Waals surface area contributed by atoms with Crippen LogP contribution in [0.5, 0.6) is 5.75 Å². The van der Waals surface area contributed by atoms with Crippen molar-refractivity contribution in [2.45, 2.75) is 6.61 Å². The molecular weight excluding hydrogens is 673 g/mol. The quantitative estimate of drug-likeness (QED) is 0.0771. The Kier molecular flexibility index (Phi) is 9.45. The molecule has 260 valence electrons. The number of aromatic nitrogens is 2. The Hall–Kier alpha value is -6.43. The number of aliphatic hydroxyl groups excluding tert-OH is 1. The number of aliphatic hydroxyl groups is 1. The molecule has 6 N–H and O–H groups in total. The van der Waals surface area contributed by atoms with Gasteiger partial charge in [0.1, 0.15) is 5.75 Å². The first kappa shape index (κ1) is 34.0. The molecule has 0 fully saturated rings. The van der Waals surface area contributed by atoms with Gasteiger partial charge in [-0.1, -0.05) is 72.8 Å². The second-order valence-electron chi connectivity index (χ2n) is 12.2. The smallest absolute Gasteiger partial charge is 0.229 e. The maximum atomic E-state index is 11.5. The first-order chi connectivity index (χ1) is 25.2. The predicted octanol–water partition coefficient (Wildman–Crippen LogP) is 8.72.